The number of hydrogen-bond donors (Lipinski definition) is 0. The Hall–Kier alpha value is -2.41. The Balaban J connectivity index is 1.67. The van der Waals surface area contributed by atoms with Gasteiger partial charge in [-0.3, -0.25) is 9.20 Å². The number of carbonyl (C=O) groups excluding carboxylic acids is 1. The van der Waals surface area contributed by atoms with E-state index in [0.29, 0.717) is 23.2 Å². The Morgan fingerprint density at radius 1 is 1.20 bits per heavy atom. The molecular weight excluding hydrogens is 334 g/mol. The van der Waals surface area contributed by atoms with E-state index in [9.17, 15) is 4.79 Å². The van der Waals surface area contributed by atoms with Crippen molar-refractivity contribution in [3.63, 3.8) is 0 Å². The average Bonchev–Trinajstić information content (AvgIpc) is 2.97. The van der Waals surface area contributed by atoms with Gasteiger partial charge in [-0.15, -0.1) is 10.2 Å². The summed E-state index contributed by atoms with van der Waals surface area (Å²) in [5.41, 5.74) is 4.26. The smallest absolute Gasteiger partial charge is 0.256 e. The molecule has 0 spiro atoms. The molecular formula is C18H21N5OS. The second-order valence-electron chi connectivity index (χ2n) is 6.12. The number of hydrogen-bond acceptors (Lipinski definition) is 5. The zero-order valence-electron chi connectivity index (χ0n) is 14.9. The highest BCUT2D eigenvalue weighted by atomic mass is 32.2. The van der Waals surface area contributed by atoms with Gasteiger partial charge in [-0.2, -0.15) is 0 Å². The van der Waals surface area contributed by atoms with Crippen molar-refractivity contribution in [1.82, 2.24) is 24.5 Å². The Morgan fingerprint density at radius 2 is 1.96 bits per heavy atom. The van der Waals surface area contributed by atoms with E-state index in [1.165, 1.54) is 17.3 Å². The quantitative estimate of drug-likeness (QED) is 0.659. The second-order valence-corrected chi connectivity index (χ2v) is 7.06. The van der Waals surface area contributed by atoms with Gasteiger partial charge in [0.05, 0.1) is 5.75 Å². The lowest BCUT2D eigenvalue weighted by molar-refractivity contribution is -0.127. The average molecular weight is 355 g/mol. The van der Waals surface area contributed by atoms with Crippen LogP contribution in [-0.2, 0) is 11.3 Å². The van der Waals surface area contributed by atoms with Crippen molar-refractivity contribution in [3.8, 4) is 0 Å². The number of benzene rings is 1. The van der Waals surface area contributed by atoms with E-state index in [-0.39, 0.29) is 5.91 Å². The molecule has 0 aliphatic heterocycles. The van der Waals surface area contributed by atoms with Gasteiger partial charge in [0.1, 0.15) is 0 Å². The lowest BCUT2D eigenvalue weighted by Crippen LogP contribution is -2.28. The van der Waals surface area contributed by atoms with Gasteiger partial charge in [0.25, 0.3) is 5.78 Å². The number of nitrogens with zero attached hydrogens (tertiary/aromatic N) is 5. The molecule has 25 heavy (non-hydrogen) atoms. The number of amides is 1. The maximum absolute atomic E-state index is 12.5. The van der Waals surface area contributed by atoms with Gasteiger partial charge in [0.15, 0.2) is 5.16 Å². The third kappa shape index (κ3) is 3.82. The van der Waals surface area contributed by atoms with Crippen LogP contribution in [0.25, 0.3) is 5.78 Å². The first-order valence-electron chi connectivity index (χ1n) is 8.06. The fraction of sp³-hybridized carbons (Fsp3) is 0.333. The molecule has 3 aromatic rings. The number of aromatic nitrogens is 4. The summed E-state index contributed by atoms with van der Waals surface area (Å²) in [5, 5.41) is 8.96. The van der Waals surface area contributed by atoms with E-state index >= 15 is 0 Å². The zero-order chi connectivity index (χ0) is 18.0. The molecule has 0 unspecified atom stereocenters. The number of fused-ring (bicyclic) bond motifs is 1. The third-order valence-corrected chi connectivity index (χ3v) is 5.00. The second kappa shape index (κ2) is 7.23. The van der Waals surface area contributed by atoms with Crippen molar-refractivity contribution in [2.24, 2.45) is 0 Å². The molecule has 1 aromatic carbocycles. The number of thioether (sulfide) groups is 1. The molecule has 2 heterocycles. The van der Waals surface area contributed by atoms with Crippen molar-refractivity contribution >= 4 is 23.4 Å². The van der Waals surface area contributed by atoms with E-state index in [0.717, 1.165) is 17.0 Å². The van der Waals surface area contributed by atoms with Gasteiger partial charge >= 0.3 is 0 Å². The molecule has 130 valence electrons. The highest BCUT2D eigenvalue weighted by molar-refractivity contribution is 7.99. The van der Waals surface area contributed by atoms with Crippen molar-refractivity contribution in [2.45, 2.75) is 32.5 Å². The van der Waals surface area contributed by atoms with E-state index in [2.05, 4.69) is 34.2 Å². The fourth-order valence-corrected chi connectivity index (χ4v) is 3.59. The van der Waals surface area contributed by atoms with Crippen molar-refractivity contribution < 1.29 is 4.79 Å². The largest absolute Gasteiger partial charge is 0.341 e. The minimum Gasteiger partial charge on any atom is -0.341 e. The lowest BCUT2D eigenvalue weighted by Gasteiger charge is -2.18. The van der Waals surface area contributed by atoms with Crippen molar-refractivity contribution in [1.29, 1.82) is 0 Å². The minimum absolute atomic E-state index is 0.0581. The molecule has 6 nitrogen and oxygen atoms in total. The van der Waals surface area contributed by atoms with Gasteiger partial charge in [-0.25, -0.2) is 4.98 Å². The van der Waals surface area contributed by atoms with Crippen LogP contribution in [0.1, 0.15) is 22.5 Å². The highest BCUT2D eigenvalue weighted by Gasteiger charge is 2.15. The van der Waals surface area contributed by atoms with Crippen LogP contribution in [0.3, 0.4) is 0 Å². The van der Waals surface area contributed by atoms with Gasteiger partial charge in [0.2, 0.25) is 5.91 Å². The van der Waals surface area contributed by atoms with Crippen LogP contribution in [0.2, 0.25) is 0 Å². The first-order valence-corrected chi connectivity index (χ1v) is 9.05. The number of rotatable bonds is 5. The maximum atomic E-state index is 12.5. The Morgan fingerprint density at radius 3 is 2.72 bits per heavy atom. The molecule has 0 N–H and O–H groups in total. The monoisotopic (exact) mass is 355 g/mol. The van der Waals surface area contributed by atoms with E-state index in [4.69, 9.17) is 0 Å². The third-order valence-electron chi connectivity index (χ3n) is 4.08. The Labute approximate surface area is 151 Å². The SMILES string of the molecule is Cc1cc(C)n2c(SCC(=O)N(C)Cc3ccccc3C)nnc2n1. The Bertz CT molecular complexity index is 921. The summed E-state index contributed by atoms with van der Waals surface area (Å²) in [6.07, 6.45) is 0. The summed E-state index contributed by atoms with van der Waals surface area (Å²) in [5.74, 6) is 0.944. The predicted octanol–water partition coefficient (Wildman–Crippen LogP) is 2.80. The first kappa shape index (κ1) is 17.4. The maximum Gasteiger partial charge on any atom is 0.256 e. The molecule has 0 saturated carbocycles. The molecule has 1 amide bonds. The molecule has 0 bridgehead atoms. The molecule has 0 aliphatic rings. The standard InChI is InChI=1S/C18H21N5OS/c1-12-7-5-6-8-15(12)10-22(4)16(24)11-25-18-21-20-17-19-13(2)9-14(3)23(17)18/h5-9H,10-11H2,1-4H3. The zero-order valence-corrected chi connectivity index (χ0v) is 15.7. The molecule has 2 aromatic heterocycles. The van der Waals surface area contributed by atoms with Gasteiger partial charge < -0.3 is 4.90 Å². The van der Waals surface area contributed by atoms with Crippen LogP contribution in [-0.4, -0.2) is 43.2 Å². The normalized spacial score (nSPS) is 11.0. The number of aryl methyl sites for hydroxylation is 3. The molecule has 0 atom stereocenters. The van der Waals surface area contributed by atoms with Crippen LogP contribution >= 0.6 is 11.8 Å². The summed E-state index contributed by atoms with van der Waals surface area (Å²) in [6, 6.07) is 10.1. The molecule has 0 saturated heterocycles. The highest BCUT2D eigenvalue weighted by Crippen LogP contribution is 2.19. The molecule has 0 aliphatic carbocycles. The van der Waals surface area contributed by atoms with E-state index in [1.54, 1.807) is 4.90 Å². The molecule has 7 heteroatoms. The summed E-state index contributed by atoms with van der Waals surface area (Å²) < 4.78 is 1.88. The van der Waals surface area contributed by atoms with E-state index in [1.807, 2.05) is 43.5 Å². The topological polar surface area (TPSA) is 63.4 Å². The summed E-state index contributed by atoms with van der Waals surface area (Å²) in [4.78, 5) is 18.6. The summed E-state index contributed by atoms with van der Waals surface area (Å²) in [6.45, 7) is 6.58. The summed E-state index contributed by atoms with van der Waals surface area (Å²) >= 11 is 1.39. The van der Waals surface area contributed by atoms with Crippen LogP contribution in [0.15, 0.2) is 35.5 Å². The van der Waals surface area contributed by atoms with Crippen LogP contribution in [0, 0.1) is 20.8 Å². The van der Waals surface area contributed by atoms with Crippen molar-refractivity contribution in [2.75, 3.05) is 12.8 Å². The van der Waals surface area contributed by atoms with Crippen LogP contribution in [0.5, 0.6) is 0 Å². The fourth-order valence-electron chi connectivity index (χ4n) is 2.66. The van der Waals surface area contributed by atoms with Gasteiger partial charge in [0, 0.05) is 25.0 Å². The summed E-state index contributed by atoms with van der Waals surface area (Å²) in [7, 11) is 1.83. The van der Waals surface area contributed by atoms with Gasteiger partial charge in [-0.05, 0) is 38.0 Å². The predicted molar refractivity (Wildman–Crippen MR) is 98.6 cm³/mol. The Kier molecular flexibility index (Phi) is 5.03. The molecule has 3 rings (SSSR count). The number of carbonyl (C=O) groups is 1. The lowest BCUT2D eigenvalue weighted by atomic mass is 10.1. The van der Waals surface area contributed by atoms with Crippen LogP contribution in [0.4, 0.5) is 0 Å². The van der Waals surface area contributed by atoms with E-state index < -0.39 is 0 Å². The minimum atomic E-state index is 0.0581. The molecule has 0 fully saturated rings. The van der Waals surface area contributed by atoms with Crippen LogP contribution < -0.4 is 0 Å². The first-order chi connectivity index (χ1) is 12.0. The van der Waals surface area contributed by atoms with Gasteiger partial charge in [-0.1, -0.05) is 36.0 Å². The van der Waals surface area contributed by atoms with Crippen molar-refractivity contribution in [3.05, 3.63) is 52.8 Å². The molecule has 0 radical (unpaired) electrons.